The van der Waals surface area contributed by atoms with Crippen molar-refractivity contribution < 1.29 is 14.2 Å². The van der Waals surface area contributed by atoms with Crippen LogP contribution in [0, 0.1) is 11.3 Å². The standard InChI is InChI=1S/C12H22O3/c1-11(2)6-5-7-12(8-15-12)9(11)10(13-3)14-4/h9-10H,5-8H2,1-4H3. The second-order valence-electron chi connectivity index (χ2n) is 5.51. The molecule has 88 valence electrons. The van der Waals surface area contributed by atoms with E-state index in [-0.39, 0.29) is 17.3 Å². The molecule has 1 aliphatic carbocycles. The van der Waals surface area contributed by atoms with Gasteiger partial charge in [-0.15, -0.1) is 0 Å². The third-order valence-electron chi connectivity index (χ3n) is 4.08. The monoisotopic (exact) mass is 214 g/mol. The maximum atomic E-state index is 5.71. The summed E-state index contributed by atoms with van der Waals surface area (Å²) in [6.07, 6.45) is 3.50. The Morgan fingerprint density at radius 2 is 1.80 bits per heavy atom. The smallest absolute Gasteiger partial charge is 0.162 e. The van der Waals surface area contributed by atoms with E-state index >= 15 is 0 Å². The SMILES string of the molecule is COC(OC)C1C(C)(C)CCCC12CO2. The van der Waals surface area contributed by atoms with Crippen molar-refractivity contribution in [3.8, 4) is 0 Å². The molecule has 1 spiro atoms. The van der Waals surface area contributed by atoms with Crippen LogP contribution in [0.4, 0.5) is 0 Å². The van der Waals surface area contributed by atoms with Crippen LogP contribution in [0.25, 0.3) is 0 Å². The molecule has 2 aliphatic rings. The second kappa shape index (κ2) is 3.72. The van der Waals surface area contributed by atoms with Crippen molar-refractivity contribution in [2.75, 3.05) is 20.8 Å². The van der Waals surface area contributed by atoms with E-state index in [0.29, 0.717) is 5.92 Å². The van der Waals surface area contributed by atoms with E-state index in [1.54, 1.807) is 14.2 Å². The fraction of sp³-hybridized carbons (Fsp3) is 1.00. The summed E-state index contributed by atoms with van der Waals surface area (Å²) in [4.78, 5) is 0. The quantitative estimate of drug-likeness (QED) is 0.533. The van der Waals surface area contributed by atoms with E-state index in [2.05, 4.69) is 13.8 Å². The van der Waals surface area contributed by atoms with Gasteiger partial charge in [0.05, 0.1) is 12.2 Å². The fourth-order valence-corrected chi connectivity index (χ4v) is 3.27. The van der Waals surface area contributed by atoms with Crippen LogP contribution < -0.4 is 0 Å². The molecule has 1 saturated heterocycles. The molecule has 3 heteroatoms. The average molecular weight is 214 g/mol. The molecule has 15 heavy (non-hydrogen) atoms. The topological polar surface area (TPSA) is 31.0 Å². The first-order valence-electron chi connectivity index (χ1n) is 5.75. The predicted octanol–water partition coefficient (Wildman–Crippen LogP) is 2.20. The highest BCUT2D eigenvalue weighted by molar-refractivity contribution is 5.07. The van der Waals surface area contributed by atoms with Gasteiger partial charge in [0, 0.05) is 20.1 Å². The maximum absolute atomic E-state index is 5.71. The molecule has 0 amide bonds. The van der Waals surface area contributed by atoms with Gasteiger partial charge < -0.3 is 14.2 Å². The van der Waals surface area contributed by atoms with Gasteiger partial charge in [-0.1, -0.05) is 13.8 Å². The maximum Gasteiger partial charge on any atom is 0.162 e. The average Bonchev–Trinajstić information content (AvgIpc) is 2.92. The summed E-state index contributed by atoms with van der Waals surface area (Å²) in [5.41, 5.74) is 0.296. The van der Waals surface area contributed by atoms with Gasteiger partial charge in [0.25, 0.3) is 0 Å². The molecule has 3 nitrogen and oxygen atoms in total. The van der Waals surface area contributed by atoms with Crippen molar-refractivity contribution in [2.45, 2.75) is 45.0 Å². The summed E-state index contributed by atoms with van der Waals surface area (Å²) in [7, 11) is 3.43. The second-order valence-corrected chi connectivity index (χ2v) is 5.51. The molecule has 2 unspecified atom stereocenters. The Hall–Kier alpha value is -0.120. The molecule has 2 fully saturated rings. The Morgan fingerprint density at radius 3 is 2.27 bits per heavy atom. The highest BCUT2D eigenvalue weighted by Gasteiger charge is 2.61. The zero-order chi connectivity index (χ0) is 11.1. The van der Waals surface area contributed by atoms with Gasteiger partial charge in [0.2, 0.25) is 0 Å². The third kappa shape index (κ3) is 1.81. The van der Waals surface area contributed by atoms with Gasteiger partial charge in [-0.2, -0.15) is 0 Å². The molecule has 0 N–H and O–H groups in total. The van der Waals surface area contributed by atoms with Crippen molar-refractivity contribution >= 4 is 0 Å². The molecular formula is C12H22O3. The normalized spacial score (nSPS) is 38.6. The van der Waals surface area contributed by atoms with E-state index < -0.39 is 0 Å². The number of hydrogen-bond acceptors (Lipinski definition) is 3. The number of hydrogen-bond donors (Lipinski definition) is 0. The van der Waals surface area contributed by atoms with Gasteiger partial charge in [0.1, 0.15) is 0 Å². The van der Waals surface area contributed by atoms with Crippen LogP contribution in [-0.4, -0.2) is 32.7 Å². The Balaban J connectivity index is 2.21. The van der Waals surface area contributed by atoms with Crippen LogP contribution in [-0.2, 0) is 14.2 Å². The Kier molecular flexibility index (Phi) is 2.82. The zero-order valence-electron chi connectivity index (χ0n) is 10.2. The van der Waals surface area contributed by atoms with Crippen LogP contribution in [0.15, 0.2) is 0 Å². The molecule has 1 saturated carbocycles. The number of rotatable bonds is 3. The fourth-order valence-electron chi connectivity index (χ4n) is 3.27. The van der Waals surface area contributed by atoms with Crippen LogP contribution >= 0.6 is 0 Å². The van der Waals surface area contributed by atoms with Gasteiger partial charge in [0.15, 0.2) is 6.29 Å². The molecule has 2 rings (SSSR count). The molecule has 0 radical (unpaired) electrons. The van der Waals surface area contributed by atoms with Crippen LogP contribution in [0.3, 0.4) is 0 Å². The lowest BCUT2D eigenvalue weighted by atomic mass is 9.63. The highest BCUT2D eigenvalue weighted by Crippen LogP contribution is 2.55. The van der Waals surface area contributed by atoms with Gasteiger partial charge in [-0.25, -0.2) is 0 Å². The summed E-state index contributed by atoms with van der Waals surface area (Å²) in [5, 5.41) is 0. The first-order chi connectivity index (χ1) is 7.06. The molecule has 2 atom stereocenters. The van der Waals surface area contributed by atoms with E-state index in [4.69, 9.17) is 14.2 Å². The van der Waals surface area contributed by atoms with Gasteiger partial charge >= 0.3 is 0 Å². The molecule has 0 bridgehead atoms. The Bertz CT molecular complexity index is 223. The lowest BCUT2D eigenvalue weighted by molar-refractivity contribution is -0.190. The molecule has 0 aromatic rings. The largest absolute Gasteiger partial charge is 0.369 e. The van der Waals surface area contributed by atoms with Crippen molar-refractivity contribution in [2.24, 2.45) is 11.3 Å². The molecule has 0 aromatic heterocycles. The molecule has 1 heterocycles. The summed E-state index contributed by atoms with van der Waals surface area (Å²) in [6, 6.07) is 0. The number of methoxy groups -OCH3 is 2. The first kappa shape index (κ1) is 11.4. The van der Waals surface area contributed by atoms with Crippen molar-refractivity contribution in [1.29, 1.82) is 0 Å². The minimum absolute atomic E-state index is 0.0540. The van der Waals surface area contributed by atoms with E-state index in [9.17, 15) is 0 Å². The summed E-state index contributed by atoms with van der Waals surface area (Å²) >= 11 is 0. The van der Waals surface area contributed by atoms with Gasteiger partial charge in [-0.05, 0) is 24.7 Å². The molecule has 0 aromatic carbocycles. The Morgan fingerprint density at radius 1 is 1.20 bits per heavy atom. The van der Waals surface area contributed by atoms with Crippen LogP contribution in [0.1, 0.15) is 33.1 Å². The molecular weight excluding hydrogens is 192 g/mol. The molecule has 1 aliphatic heterocycles. The number of ether oxygens (including phenoxy) is 3. The summed E-state index contributed by atoms with van der Waals surface area (Å²) in [5.74, 6) is 0.355. The van der Waals surface area contributed by atoms with Crippen LogP contribution in [0.5, 0.6) is 0 Å². The van der Waals surface area contributed by atoms with Gasteiger partial charge in [-0.3, -0.25) is 0 Å². The third-order valence-corrected chi connectivity index (χ3v) is 4.08. The summed E-state index contributed by atoms with van der Waals surface area (Å²) < 4.78 is 16.6. The highest BCUT2D eigenvalue weighted by atomic mass is 16.7. The van der Waals surface area contributed by atoms with E-state index in [0.717, 1.165) is 13.0 Å². The van der Waals surface area contributed by atoms with Crippen molar-refractivity contribution in [1.82, 2.24) is 0 Å². The van der Waals surface area contributed by atoms with E-state index in [1.165, 1.54) is 12.8 Å². The van der Waals surface area contributed by atoms with Crippen molar-refractivity contribution in [3.63, 3.8) is 0 Å². The van der Waals surface area contributed by atoms with E-state index in [1.807, 2.05) is 0 Å². The number of epoxide rings is 1. The summed E-state index contributed by atoms with van der Waals surface area (Å²) in [6.45, 7) is 5.47. The lowest BCUT2D eigenvalue weighted by Gasteiger charge is -2.45. The zero-order valence-corrected chi connectivity index (χ0v) is 10.2. The minimum Gasteiger partial charge on any atom is -0.369 e. The Labute approximate surface area is 92.1 Å². The van der Waals surface area contributed by atoms with Crippen LogP contribution in [0.2, 0.25) is 0 Å². The predicted molar refractivity (Wildman–Crippen MR) is 57.6 cm³/mol. The first-order valence-corrected chi connectivity index (χ1v) is 5.75. The van der Waals surface area contributed by atoms with Crippen molar-refractivity contribution in [3.05, 3.63) is 0 Å². The minimum atomic E-state index is -0.136. The lowest BCUT2D eigenvalue weighted by Crippen LogP contribution is -2.49.